The van der Waals surface area contributed by atoms with Crippen LogP contribution in [0.2, 0.25) is 0 Å². The fourth-order valence-electron chi connectivity index (χ4n) is 8.83. The van der Waals surface area contributed by atoms with Crippen molar-refractivity contribution < 1.29 is 28.6 Å². The zero-order chi connectivity index (χ0) is 57.1. The van der Waals surface area contributed by atoms with E-state index in [1.165, 1.54) is 89.9 Å². The molecule has 0 aliphatic heterocycles. The molecule has 1 unspecified atom stereocenters. The Balaban J connectivity index is 4.44. The van der Waals surface area contributed by atoms with E-state index in [0.717, 1.165) is 161 Å². The van der Waals surface area contributed by atoms with E-state index in [0.29, 0.717) is 19.3 Å². The Bertz CT molecular complexity index is 1680. The Morgan fingerprint density at radius 1 is 0.266 bits per heavy atom. The molecule has 0 amide bonds. The van der Waals surface area contributed by atoms with Gasteiger partial charge in [-0.3, -0.25) is 14.4 Å². The highest BCUT2D eigenvalue weighted by Gasteiger charge is 2.19. The first-order valence-corrected chi connectivity index (χ1v) is 32.7. The lowest BCUT2D eigenvalue weighted by Crippen LogP contribution is -2.30. The predicted octanol–water partition coefficient (Wildman–Crippen LogP) is 22.5. The molecule has 0 aromatic heterocycles. The lowest BCUT2D eigenvalue weighted by molar-refractivity contribution is -0.167. The molecule has 6 heteroatoms. The molecular weight excluding hydrogens is 973 g/mol. The molecule has 0 bridgehead atoms. The van der Waals surface area contributed by atoms with Crippen LogP contribution < -0.4 is 0 Å². The lowest BCUT2D eigenvalue weighted by Gasteiger charge is -2.18. The highest BCUT2D eigenvalue weighted by atomic mass is 16.6. The van der Waals surface area contributed by atoms with Gasteiger partial charge in [0.15, 0.2) is 6.10 Å². The first kappa shape index (κ1) is 74.5. The van der Waals surface area contributed by atoms with Crippen molar-refractivity contribution in [3.8, 4) is 0 Å². The van der Waals surface area contributed by atoms with Gasteiger partial charge in [0.1, 0.15) is 13.2 Å². The van der Waals surface area contributed by atoms with Crippen molar-refractivity contribution in [1.82, 2.24) is 0 Å². The van der Waals surface area contributed by atoms with Crippen molar-refractivity contribution in [1.29, 1.82) is 0 Å². The van der Waals surface area contributed by atoms with E-state index in [-0.39, 0.29) is 31.1 Å². The Kier molecular flexibility index (Phi) is 62.3. The highest BCUT2D eigenvalue weighted by Crippen LogP contribution is 2.16. The fraction of sp³-hybridized carbons (Fsp3) is 0.658. The number of esters is 3. The fourth-order valence-corrected chi connectivity index (χ4v) is 8.83. The molecule has 0 fully saturated rings. The summed E-state index contributed by atoms with van der Waals surface area (Å²) in [5.41, 5.74) is 0. The van der Waals surface area contributed by atoms with Gasteiger partial charge in [-0.2, -0.15) is 0 Å². The van der Waals surface area contributed by atoms with Crippen LogP contribution in [0.5, 0.6) is 0 Å². The van der Waals surface area contributed by atoms with Crippen molar-refractivity contribution in [2.75, 3.05) is 13.2 Å². The summed E-state index contributed by atoms with van der Waals surface area (Å²) < 4.78 is 16.9. The molecule has 0 radical (unpaired) electrons. The van der Waals surface area contributed by atoms with Crippen molar-refractivity contribution in [3.63, 3.8) is 0 Å². The molecule has 0 spiro atoms. The van der Waals surface area contributed by atoms with Crippen LogP contribution in [-0.4, -0.2) is 37.2 Å². The van der Waals surface area contributed by atoms with Crippen LogP contribution in [0.3, 0.4) is 0 Å². The molecule has 0 aromatic rings. The van der Waals surface area contributed by atoms with Crippen LogP contribution >= 0.6 is 0 Å². The monoisotopic (exact) mass is 1090 g/mol. The van der Waals surface area contributed by atoms with Crippen molar-refractivity contribution in [2.24, 2.45) is 0 Å². The maximum atomic E-state index is 12.9. The largest absolute Gasteiger partial charge is 0.462 e. The van der Waals surface area contributed by atoms with Gasteiger partial charge in [0.25, 0.3) is 0 Å². The molecule has 448 valence electrons. The normalized spacial score (nSPS) is 13.0. The number of hydrogen-bond acceptors (Lipinski definition) is 6. The van der Waals surface area contributed by atoms with Gasteiger partial charge in [0.2, 0.25) is 0 Å². The second-order valence-corrected chi connectivity index (χ2v) is 21.3. The minimum Gasteiger partial charge on any atom is -0.462 e. The van der Waals surface area contributed by atoms with E-state index in [1.54, 1.807) is 0 Å². The van der Waals surface area contributed by atoms with Gasteiger partial charge >= 0.3 is 17.9 Å². The van der Waals surface area contributed by atoms with Crippen molar-refractivity contribution in [3.05, 3.63) is 134 Å². The summed E-state index contributed by atoms with van der Waals surface area (Å²) in [5.74, 6) is -0.934. The SMILES string of the molecule is CC/C=C\C/C=C\C/C=C\C/C=C\C/C=C\C/C=C\C/C=C\CCCCCCCC(=O)OCC(COC(=O)CCCCCCCCCCCCCCCCCCC)OC(=O)CCCCCC/C=C\C/C=C\C/C=C\C/C=C\CC. The van der Waals surface area contributed by atoms with E-state index in [9.17, 15) is 14.4 Å². The van der Waals surface area contributed by atoms with E-state index in [1.807, 2.05) is 0 Å². The number of carbonyl (C=O) groups is 3. The zero-order valence-corrected chi connectivity index (χ0v) is 51.3. The molecule has 0 heterocycles. The average molecular weight is 1090 g/mol. The number of carbonyl (C=O) groups excluding carboxylic acids is 3. The summed E-state index contributed by atoms with van der Waals surface area (Å²) >= 11 is 0. The van der Waals surface area contributed by atoms with E-state index in [4.69, 9.17) is 14.2 Å². The van der Waals surface area contributed by atoms with Crippen LogP contribution in [0.25, 0.3) is 0 Å². The summed E-state index contributed by atoms with van der Waals surface area (Å²) in [6.07, 6.45) is 93.1. The Labute approximate surface area is 487 Å². The van der Waals surface area contributed by atoms with Crippen LogP contribution in [0.1, 0.15) is 290 Å². The first-order valence-electron chi connectivity index (χ1n) is 32.7. The Hall–Kier alpha value is -4.45. The standard InChI is InChI=1S/C73H120O6/c1-4-7-10-13-16-19-22-25-28-31-32-33-34-35-36-37-38-39-40-43-45-48-51-54-57-60-63-66-72(75)78-69-70(79-73(76)67-64-61-58-55-52-49-46-42-30-27-24-21-18-15-12-9-6-3)68-77-71(74)65-62-59-56-53-50-47-44-41-29-26-23-20-17-14-11-8-5-2/h7,9-10,12,16,18-19,21,25,27-28,30,32-33,35-36,38-39,43,45-46,49,70H,4-6,8,11,13-15,17,20,22-24,26,29,31,34,37,40-42,44,47-48,50-69H2,1-3H3/b10-7-,12-9-,19-16-,21-18-,28-25-,30-27-,33-32-,36-35-,39-38-,45-43-,49-46-. The van der Waals surface area contributed by atoms with Gasteiger partial charge < -0.3 is 14.2 Å². The minimum absolute atomic E-state index is 0.0957. The summed E-state index contributed by atoms with van der Waals surface area (Å²) in [7, 11) is 0. The van der Waals surface area contributed by atoms with Gasteiger partial charge in [0, 0.05) is 19.3 Å². The third-order valence-corrected chi connectivity index (χ3v) is 13.7. The summed E-state index contributed by atoms with van der Waals surface area (Å²) in [6, 6.07) is 0. The maximum Gasteiger partial charge on any atom is 0.306 e. The third-order valence-electron chi connectivity index (χ3n) is 13.7. The number of unbranched alkanes of at least 4 members (excludes halogenated alkanes) is 25. The second-order valence-electron chi connectivity index (χ2n) is 21.3. The molecule has 0 saturated carbocycles. The molecule has 0 aromatic carbocycles. The number of ether oxygens (including phenoxy) is 3. The highest BCUT2D eigenvalue weighted by molar-refractivity contribution is 5.71. The van der Waals surface area contributed by atoms with Crippen molar-refractivity contribution in [2.45, 2.75) is 297 Å². The summed E-state index contributed by atoms with van der Waals surface area (Å²) in [6.45, 7) is 6.40. The lowest BCUT2D eigenvalue weighted by atomic mass is 10.0. The van der Waals surface area contributed by atoms with Crippen LogP contribution in [0, 0.1) is 0 Å². The minimum atomic E-state index is -0.804. The Morgan fingerprint density at radius 3 is 0.772 bits per heavy atom. The number of hydrogen-bond donors (Lipinski definition) is 0. The first-order chi connectivity index (χ1) is 39.0. The van der Waals surface area contributed by atoms with Gasteiger partial charge in [-0.15, -0.1) is 0 Å². The van der Waals surface area contributed by atoms with Crippen LogP contribution in [0.4, 0.5) is 0 Å². The van der Waals surface area contributed by atoms with Crippen LogP contribution in [0.15, 0.2) is 134 Å². The molecule has 0 N–H and O–H groups in total. The number of rotatable bonds is 58. The average Bonchev–Trinajstić information content (AvgIpc) is 3.45. The van der Waals surface area contributed by atoms with Gasteiger partial charge in [-0.05, 0) is 116 Å². The summed E-state index contributed by atoms with van der Waals surface area (Å²) in [4.78, 5) is 38.4. The second kappa shape index (κ2) is 66.1. The maximum absolute atomic E-state index is 12.9. The van der Waals surface area contributed by atoms with Gasteiger partial charge in [0.05, 0.1) is 0 Å². The molecular formula is C73H120O6. The van der Waals surface area contributed by atoms with E-state index < -0.39 is 6.10 Å². The van der Waals surface area contributed by atoms with E-state index in [2.05, 4.69) is 154 Å². The smallest absolute Gasteiger partial charge is 0.306 e. The molecule has 0 aliphatic rings. The molecule has 0 rings (SSSR count). The predicted molar refractivity (Wildman–Crippen MR) is 343 cm³/mol. The van der Waals surface area contributed by atoms with Gasteiger partial charge in [-0.25, -0.2) is 0 Å². The molecule has 6 nitrogen and oxygen atoms in total. The van der Waals surface area contributed by atoms with Crippen molar-refractivity contribution >= 4 is 17.9 Å². The topological polar surface area (TPSA) is 78.9 Å². The van der Waals surface area contributed by atoms with Crippen LogP contribution in [-0.2, 0) is 28.6 Å². The zero-order valence-electron chi connectivity index (χ0n) is 51.3. The third kappa shape index (κ3) is 64.3. The summed E-state index contributed by atoms with van der Waals surface area (Å²) in [5, 5.41) is 0. The molecule has 79 heavy (non-hydrogen) atoms. The number of allylic oxidation sites excluding steroid dienone is 22. The Morgan fingerprint density at radius 2 is 0.494 bits per heavy atom. The molecule has 0 saturated heterocycles. The quantitative estimate of drug-likeness (QED) is 0.0261. The van der Waals surface area contributed by atoms with E-state index >= 15 is 0 Å². The molecule has 0 aliphatic carbocycles. The molecule has 1 atom stereocenters. The van der Waals surface area contributed by atoms with Gasteiger partial charge in [-0.1, -0.05) is 289 Å².